The number of rotatable bonds is 8. The molecule has 3 aromatic heterocycles. The summed E-state index contributed by atoms with van der Waals surface area (Å²) in [4.78, 5) is 34.0. The second-order valence-corrected chi connectivity index (χ2v) is 7.60. The lowest BCUT2D eigenvalue weighted by Gasteiger charge is -2.14. The van der Waals surface area contributed by atoms with Gasteiger partial charge in [-0.2, -0.15) is 0 Å². The number of fused-ring (bicyclic) bond motifs is 1. The average molecular weight is 448 g/mol. The van der Waals surface area contributed by atoms with Crippen molar-refractivity contribution >= 4 is 16.9 Å². The van der Waals surface area contributed by atoms with Crippen LogP contribution in [-0.2, 0) is 19.5 Å². The van der Waals surface area contributed by atoms with Crippen molar-refractivity contribution in [3.63, 3.8) is 0 Å². The summed E-state index contributed by atoms with van der Waals surface area (Å²) >= 11 is 0. The Morgan fingerprint density at radius 3 is 2.70 bits per heavy atom. The molecule has 1 aromatic carbocycles. The molecule has 1 radical (unpaired) electrons. The van der Waals surface area contributed by atoms with Crippen LogP contribution >= 0.6 is 0 Å². The van der Waals surface area contributed by atoms with Crippen LogP contribution in [0.1, 0.15) is 27.9 Å². The van der Waals surface area contributed by atoms with Crippen molar-refractivity contribution in [2.75, 3.05) is 6.54 Å². The number of halogens is 1. The topological polar surface area (TPSA) is 102 Å². The lowest BCUT2D eigenvalue weighted by atomic mass is 10.1. The molecule has 0 unspecified atom stereocenters. The summed E-state index contributed by atoms with van der Waals surface area (Å²) < 4.78 is 16.4. The minimum absolute atomic E-state index is 0.0538. The number of nitrogens with zero attached hydrogens (tertiary/aromatic N) is 4. The standard InChI is InChI=1S/C24H23FN5O3/c1-2-30-19-13-17(12-16-4-6-18(25)7-5-16)14-28-21(19)22(31)20(24(30)33)23(32)27-8-3-10-29-11-9-26-15-29/h4-7,9,11,13-15,31H,1-3,8,10,12H2,(H,27,32). The minimum Gasteiger partial charge on any atom is -0.505 e. The van der Waals surface area contributed by atoms with Crippen molar-refractivity contribution in [3.8, 4) is 5.75 Å². The Morgan fingerprint density at radius 2 is 2.00 bits per heavy atom. The number of carbonyl (C=O) groups is 1. The summed E-state index contributed by atoms with van der Waals surface area (Å²) in [5.41, 5.74) is 1.17. The summed E-state index contributed by atoms with van der Waals surface area (Å²) in [7, 11) is 0. The smallest absolute Gasteiger partial charge is 0.267 e. The zero-order chi connectivity index (χ0) is 23.4. The quantitative estimate of drug-likeness (QED) is 0.404. The first-order valence-corrected chi connectivity index (χ1v) is 10.5. The third kappa shape index (κ3) is 4.77. The molecular formula is C24H23FN5O3. The van der Waals surface area contributed by atoms with Gasteiger partial charge in [-0.25, -0.2) is 9.37 Å². The maximum absolute atomic E-state index is 13.2. The van der Waals surface area contributed by atoms with E-state index in [0.717, 1.165) is 11.1 Å². The molecule has 2 N–H and O–H groups in total. The number of imidazole rings is 1. The number of hydrogen-bond donors (Lipinski definition) is 2. The normalized spacial score (nSPS) is 11.1. The summed E-state index contributed by atoms with van der Waals surface area (Å²) in [6.45, 7) is 4.83. The summed E-state index contributed by atoms with van der Waals surface area (Å²) in [5, 5.41) is 13.4. The van der Waals surface area contributed by atoms with E-state index in [2.05, 4.69) is 22.2 Å². The fourth-order valence-corrected chi connectivity index (χ4v) is 3.68. The molecule has 0 aliphatic heterocycles. The minimum atomic E-state index is -0.663. The maximum atomic E-state index is 13.2. The Bertz CT molecular complexity index is 1330. The van der Waals surface area contributed by atoms with E-state index in [0.29, 0.717) is 31.4 Å². The molecule has 4 aromatic rings. The summed E-state index contributed by atoms with van der Waals surface area (Å²) in [6, 6.07) is 7.83. The van der Waals surface area contributed by atoms with Crippen LogP contribution in [0.4, 0.5) is 4.39 Å². The number of benzene rings is 1. The van der Waals surface area contributed by atoms with E-state index in [1.807, 2.05) is 10.8 Å². The largest absolute Gasteiger partial charge is 0.505 e. The Hall–Kier alpha value is -4.01. The predicted octanol–water partition coefficient (Wildman–Crippen LogP) is 2.68. The van der Waals surface area contributed by atoms with Gasteiger partial charge in [-0.05, 0) is 49.1 Å². The summed E-state index contributed by atoms with van der Waals surface area (Å²) in [5.74, 6) is -1.44. The van der Waals surface area contributed by atoms with Crippen molar-refractivity contribution < 1.29 is 14.3 Å². The highest BCUT2D eigenvalue weighted by atomic mass is 19.1. The van der Waals surface area contributed by atoms with Crippen LogP contribution < -0.4 is 10.9 Å². The number of aryl methyl sites for hydroxylation is 1. The van der Waals surface area contributed by atoms with Crippen LogP contribution in [0.15, 0.2) is 60.0 Å². The van der Waals surface area contributed by atoms with Crippen LogP contribution in [0.2, 0.25) is 0 Å². The van der Waals surface area contributed by atoms with Gasteiger partial charge in [0, 0.05) is 38.2 Å². The molecule has 9 heteroatoms. The molecule has 4 rings (SSSR count). The molecule has 8 nitrogen and oxygen atoms in total. The third-order valence-electron chi connectivity index (χ3n) is 5.35. The highest BCUT2D eigenvalue weighted by Crippen LogP contribution is 2.26. The van der Waals surface area contributed by atoms with E-state index in [1.54, 1.807) is 36.9 Å². The Balaban J connectivity index is 1.59. The highest BCUT2D eigenvalue weighted by molar-refractivity contribution is 6.01. The second kappa shape index (κ2) is 9.64. The van der Waals surface area contributed by atoms with Gasteiger partial charge in [0.1, 0.15) is 16.9 Å². The summed E-state index contributed by atoms with van der Waals surface area (Å²) in [6.07, 6.45) is 7.83. The van der Waals surface area contributed by atoms with Crippen molar-refractivity contribution in [1.29, 1.82) is 0 Å². The fourth-order valence-electron chi connectivity index (χ4n) is 3.68. The molecule has 0 saturated heterocycles. The van der Waals surface area contributed by atoms with E-state index in [1.165, 1.54) is 16.7 Å². The van der Waals surface area contributed by atoms with Crippen LogP contribution in [0.25, 0.3) is 11.0 Å². The van der Waals surface area contributed by atoms with E-state index >= 15 is 0 Å². The zero-order valence-electron chi connectivity index (χ0n) is 17.9. The van der Waals surface area contributed by atoms with Gasteiger partial charge in [-0.1, -0.05) is 12.1 Å². The molecule has 33 heavy (non-hydrogen) atoms. The van der Waals surface area contributed by atoms with Gasteiger partial charge in [0.05, 0.1) is 11.8 Å². The Kier molecular flexibility index (Phi) is 6.48. The Labute approximate surface area is 189 Å². The van der Waals surface area contributed by atoms with Gasteiger partial charge in [0.15, 0.2) is 5.75 Å². The van der Waals surface area contributed by atoms with E-state index < -0.39 is 17.2 Å². The molecule has 0 aliphatic carbocycles. The van der Waals surface area contributed by atoms with Crippen molar-refractivity contribution in [2.24, 2.45) is 0 Å². The first kappa shape index (κ1) is 22.2. The highest BCUT2D eigenvalue weighted by Gasteiger charge is 2.22. The lowest BCUT2D eigenvalue weighted by molar-refractivity contribution is 0.0948. The van der Waals surface area contributed by atoms with Gasteiger partial charge in [-0.15, -0.1) is 0 Å². The molecule has 0 aliphatic rings. The first-order valence-electron chi connectivity index (χ1n) is 10.5. The average Bonchev–Trinajstić information content (AvgIpc) is 3.32. The van der Waals surface area contributed by atoms with Gasteiger partial charge in [-0.3, -0.25) is 14.6 Å². The number of carbonyl (C=O) groups excluding carboxylic acids is 1. The van der Waals surface area contributed by atoms with E-state index in [4.69, 9.17) is 0 Å². The zero-order valence-corrected chi connectivity index (χ0v) is 17.9. The molecule has 0 fully saturated rings. The lowest BCUT2D eigenvalue weighted by Crippen LogP contribution is -2.34. The van der Waals surface area contributed by atoms with E-state index in [-0.39, 0.29) is 23.4 Å². The Morgan fingerprint density at radius 1 is 1.21 bits per heavy atom. The third-order valence-corrected chi connectivity index (χ3v) is 5.35. The molecule has 0 saturated carbocycles. The van der Waals surface area contributed by atoms with Crippen LogP contribution in [0, 0.1) is 12.7 Å². The predicted molar refractivity (Wildman–Crippen MR) is 121 cm³/mol. The van der Waals surface area contributed by atoms with Gasteiger partial charge < -0.3 is 19.6 Å². The van der Waals surface area contributed by atoms with Crippen molar-refractivity contribution in [3.05, 3.63) is 95.0 Å². The maximum Gasteiger partial charge on any atom is 0.267 e. The van der Waals surface area contributed by atoms with Crippen LogP contribution in [0.5, 0.6) is 5.75 Å². The molecule has 3 heterocycles. The fraction of sp³-hybridized carbons (Fsp3) is 0.208. The monoisotopic (exact) mass is 448 g/mol. The SMILES string of the molecule is [CH2]Cn1c(=O)c(C(=O)NCCCn2ccnc2)c(O)c2ncc(Cc3ccc(F)cc3)cc21. The molecule has 0 spiro atoms. The number of aromatic hydroxyl groups is 1. The number of amides is 1. The van der Waals surface area contributed by atoms with Gasteiger partial charge >= 0.3 is 0 Å². The molecule has 1 amide bonds. The number of pyridine rings is 2. The van der Waals surface area contributed by atoms with E-state index in [9.17, 15) is 19.1 Å². The first-order chi connectivity index (χ1) is 16.0. The van der Waals surface area contributed by atoms with Crippen molar-refractivity contribution in [1.82, 2.24) is 24.4 Å². The molecule has 0 atom stereocenters. The van der Waals surface area contributed by atoms with Gasteiger partial charge in [0.2, 0.25) is 0 Å². The van der Waals surface area contributed by atoms with Crippen molar-refractivity contribution in [2.45, 2.75) is 25.9 Å². The number of nitrogens with one attached hydrogen (secondary N) is 1. The second-order valence-electron chi connectivity index (χ2n) is 7.60. The van der Waals surface area contributed by atoms with Crippen LogP contribution in [0.3, 0.4) is 0 Å². The number of hydrogen-bond acceptors (Lipinski definition) is 5. The molecule has 169 valence electrons. The molecule has 0 bridgehead atoms. The molecular weight excluding hydrogens is 425 g/mol. The van der Waals surface area contributed by atoms with Gasteiger partial charge in [0.25, 0.3) is 11.5 Å². The number of aromatic nitrogens is 4. The van der Waals surface area contributed by atoms with Crippen LogP contribution in [-0.4, -0.2) is 36.7 Å².